The van der Waals surface area contributed by atoms with Gasteiger partial charge in [0.15, 0.2) is 0 Å². The lowest BCUT2D eigenvalue weighted by Gasteiger charge is -2.29. The van der Waals surface area contributed by atoms with Crippen LogP contribution in [0.5, 0.6) is 0 Å². The fourth-order valence-corrected chi connectivity index (χ4v) is 3.96. The van der Waals surface area contributed by atoms with Crippen LogP contribution in [-0.4, -0.2) is 10.8 Å². The number of rotatable bonds is 4. The molecule has 0 aliphatic heterocycles. The first-order valence-electron chi connectivity index (χ1n) is 7.43. The molecule has 0 bridgehead atoms. The van der Waals surface area contributed by atoms with E-state index in [0.29, 0.717) is 18.1 Å². The Labute approximate surface area is 120 Å². The van der Waals surface area contributed by atoms with Crippen molar-refractivity contribution in [3.63, 3.8) is 0 Å². The van der Waals surface area contributed by atoms with Crippen LogP contribution < -0.4 is 0 Å². The fourth-order valence-electron chi connectivity index (χ4n) is 3.02. The molecule has 0 unspecified atom stereocenters. The Balaban J connectivity index is 1.88. The summed E-state index contributed by atoms with van der Waals surface area (Å²) < 4.78 is 0. The lowest BCUT2D eigenvalue weighted by Crippen LogP contribution is -2.25. The van der Waals surface area contributed by atoms with E-state index in [4.69, 9.17) is 0 Å². The Morgan fingerprint density at radius 3 is 2.37 bits per heavy atom. The van der Waals surface area contributed by atoms with E-state index in [1.165, 1.54) is 17.7 Å². The van der Waals surface area contributed by atoms with Crippen LogP contribution in [0.1, 0.15) is 55.1 Å². The Hall–Kier alpha value is -0.700. The molecular weight excluding hydrogens is 254 g/mol. The molecule has 1 heterocycles. The van der Waals surface area contributed by atoms with Gasteiger partial charge in [-0.2, -0.15) is 0 Å². The number of aryl methyl sites for hydroxylation is 2. The standard InChI is InChI=1S/C16H25NOS/c1-10(2)13-5-7-14(8-6-13)15(18)9-16-17-11(3)12(4)19-16/h10,13-14H,5-9H2,1-4H3. The van der Waals surface area contributed by atoms with Gasteiger partial charge >= 0.3 is 0 Å². The predicted octanol–water partition coefficient (Wildman–Crippen LogP) is 4.33. The van der Waals surface area contributed by atoms with Crippen LogP contribution in [0.4, 0.5) is 0 Å². The SMILES string of the molecule is Cc1nc(CC(=O)C2CCC(C(C)C)CC2)sc1C. The Morgan fingerprint density at radius 1 is 1.26 bits per heavy atom. The maximum Gasteiger partial charge on any atom is 0.142 e. The van der Waals surface area contributed by atoms with Crippen LogP contribution in [0, 0.1) is 31.6 Å². The maximum absolute atomic E-state index is 12.3. The lowest BCUT2D eigenvalue weighted by molar-refractivity contribution is -0.123. The van der Waals surface area contributed by atoms with Crippen molar-refractivity contribution in [2.24, 2.45) is 17.8 Å². The smallest absolute Gasteiger partial charge is 0.142 e. The van der Waals surface area contributed by atoms with Gasteiger partial charge in [0.1, 0.15) is 10.8 Å². The van der Waals surface area contributed by atoms with Crippen molar-refractivity contribution in [2.75, 3.05) is 0 Å². The van der Waals surface area contributed by atoms with E-state index in [2.05, 4.69) is 25.8 Å². The zero-order valence-electron chi connectivity index (χ0n) is 12.5. The average Bonchev–Trinajstić information content (AvgIpc) is 2.68. The molecule has 0 saturated heterocycles. The normalized spacial score (nSPS) is 23.8. The molecule has 0 N–H and O–H groups in total. The van der Waals surface area contributed by atoms with E-state index >= 15 is 0 Å². The second-order valence-electron chi connectivity index (χ2n) is 6.25. The van der Waals surface area contributed by atoms with Gasteiger partial charge in [0.05, 0.1) is 12.1 Å². The molecule has 1 saturated carbocycles. The second kappa shape index (κ2) is 6.17. The minimum Gasteiger partial charge on any atom is -0.299 e. The molecule has 0 spiro atoms. The zero-order valence-corrected chi connectivity index (χ0v) is 13.3. The highest BCUT2D eigenvalue weighted by Crippen LogP contribution is 2.34. The van der Waals surface area contributed by atoms with E-state index in [0.717, 1.165) is 35.4 Å². The van der Waals surface area contributed by atoms with E-state index < -0.39 is 0 Å². The van der Waals surface area contributed by atoms with Gasteiger partial charge < -0.3 is 0 Å². The minimum absolute atomic E-state index is 0.291. The van der Waals surface area contributed by atoms with E-state index in [-0.39, 0.29) is 0 Å². The summed E-state index contributed by atoms with van der Waals surface area (Å²) in [7, 11) is 0. The van der Waals surface area contributed by atoms with Crippen molar-refractivity contribution >= 4 is 17.1 Å². The van der Waals surface area contributed by atoms with Crippen LogP contribution >= 0.6 is 11.3 Å². The molecule has 2 nitrogen and oxygen atoms in total. The summed E-state index contributed by atoms with van der Waals surface area (Å²) >= 11 is 1.68. The first-order chi connectivity index (χ1) is 8.97. The molecule has 0 aromatic carbocycles. The second-order valence-corrected chi connectivity index (χ2v) is 7.54. The number of carbonyl (C=O) groups excluding carboxylic acids is 1. The van der Waals surface area contributed by atoms with Crippen molar-refractivity contribution in [3.05, 3.63) is 15.6 Å². The summed E-state index contributed by atoms with van der Waals surface area (Å²) in [6.45, 7) is 8.70. The molecule has 0 amide bonds. The van der Waals surface area contributed by atoms with Gasteiger partial charge in [-0.25, -0.2) is 4.98 Å². The molecule has 0 radical (unpaired) electrons. The highest BCUT2D eigenvalue weighted by molar-refractivity contribution is 7.11. The molecule has 3 heteroatoms. The molecular formula is C16H25NOS. The first kappa shape index (κ1) is 14.7. The molecule has 19 heavy (non-hydrogen) atoms. The summed E-state index contributed by atoms with van der Waals surface area (Å²) in [5.41, 5.74) is 1.08. The number of hydrogen-bond donors (Lipinski definition) is 0. The third-order valence-electron chi connectivity index (χ3n) is 4.57. The first-order valence-corrected chi connectivity index (χ1v) is 8.24. The number of nitrogens with zero attached hydrogens (tertiary/aromatic N) is 1. The highest BCUT2D eigenvalue weighted by Gasteiger charge is 2.27. The number of thiazole rings is 1. The Morgan fingerprint density at radius 2 is 1.89 bits per heavy atom. The summed E-state index contributed by atoms with van der Waals surface area (Å²) in [6.07, 6.45) is 5.18. The molecule has 2 rings (SSSR count). The topological polar surface area (TPSA) is 30.0 Å². The largest absolute Gasteiger partial charge is 0.299 e. The van der Waals surface area contributed by atoms with Gasteiger partial charge in [0.25, 0.3) is 0 Å². The maximum atomic E-state index is 12.3. The predicted molar refractivity (Wildman–Crippen MR) is 80.6 cm³/mol. The molecule has 1 fully saturated rings. The fraction of sp³-hybridized carbons (Fsp3) is 0.750. The number of ketones is 1. The number of carbonyl (C=O) groups is 1. The zero-order chi connectivity index (χ0) is 14.0. The van der Waals surface area contributed by atoms with Crippen LogP contribution in [0.15, 0.2) is 0 Å². The molecule has 106 valence electrons. The van der Waals surface area contributed by atoms with E-state index in [9.17, 15) is 4.79 Å². The molecule has 1 aromatic rings. The average molecular weight is 279 g/mol. The van der Waals surface area contributed by atoms with Gasteiger partial charge in [-0.15, -0.1) is 11.3 Å². The molecule has 1 aromatic heterocycles. The van der Waals surface area contributed by atoms with Crippen LogP contribution in [0.3, 0.4) is 0 Å². The number of hydrogen-bond acceptors (Lipinski definition) is 3. The van der Waals surface area contributed by atoms with Gasteiger partial charge in [0, 0.05) is 10.8 Å². The van der Waals surface area contributed by atoms with Crippen molar-refractivity contribution in [1.82, 2.24) is 4.98 Å². The van der Waals surface area contributed by atoms with Gasteiger partial charge in [-0.1, -0.05) is 13.8 Å². The molecule has 1 aliphatic rings. The Kier molecular flexibility index (Phi) is 4.77. The van der Waals surface area contributed by atoms with Crippen molar-refractivity contribution in [2.45, 2.75) is 59.8 Å². The quantitative estimate of drug-likeness (QED) is 0.821. The van der Waals surface area contributed by atoms with Crippen LogP contribution in [0.2, 0.25) is 0 Å². The summed E-state index contributed by atoms with van der Waals surface area (Å²) in [4.78, 5) is 18.1. The molecule has 1 aliphatic carbocycles. The van der Waals surface area contributed by atoms with Crippen LogP contribution in [-0.2, 0) is 11.2 Å². The van der Waals surface area contributed by atoms with Crippen molar-refractivity contribution in [1.29, 1.82) is 0 Å². The van der Waals surface area contributed by atoms with Gasteiger partial charge in [-0.3, -0.25) is 4.79 Å². The van der Waals surface area contributed by atoms with Gasteiger partial charge in [0.2, 0.25) is 0 Å². The van der Waals surface area contributed by atoms with Crippen molar-refractivity contribution < 1.29 is 4.79 Å². The summed E-state index contributed by atoms with van der Waals surface area (Å²) in [5, 5.41) is 1.01. The monoisotopic (exact) mass is 279 g/mol. The number of Topliss-reactive ketones (excluding diaryl/α,β-unsaturated/α-hetero) is 1. The van der Waals surface area contributed by atoms with Crippen molar-refractivity contribution in [3.8, 4) is 0 Å². The number of aromatic nitrogens is 1. The third kappa shape index (κ3) is 3.65. The van der Waals surface area contributed by atoms with Crippen LogP contribution in [0.25, 0.3) is 0 Å². The molecule has 0 atom stereocenters. The van der Waals surface area contributed by atoms with E-state index in [1.807, 2.05) is 6.92 Å². The van der Waals surface area contributed by atoms with E-state index in [1.54, 1.807) is 11.3 Å². The highest BCUT2D eigenvalue weighted by atomic mass is 32.1. The lowest BCUT2D eigenvalue weighted by atomic mass is 9.75. The summed E-state index contributed by atoms with van der Waals surface area (Å²) in [6, 6.07) is 0. The minimum atomic E-state index is 0.291. The Bertz CT molecular complexity index is 422. The van der Waals surface area contributed by atoms with Gasteiger partial charge in [-0.05, 0) is 51.4 Å². The summed E-state index contributed by atoms with van der Waals surface area (Å²) in [5.74, 6) is 2.30. The third-order valence-corrected chi connectivity index (χ3v) is 5.64.